The van der Waals surface area contributed by atoms with E-state index in [1.807, 2.05) is 0 Å². The van der Waals surface area contributed by atoms with Crippen LogP contribution >= 0.6 is 22.6 Å². The van der Waals surface area contributed by atoms with Crippen LogP contribution in [0.5, 0.6) is 5.75 Å². The molecule has 2 aromatic carbocycles. The smallest absolute Gasteiger partial charge is 0.261 e. The van der Waals surface area contributed by atoms with Gasteiger partial charge in [0, 0.05) is 16.3 Å². The first-order valence-corrected chi connectivity index (χ1v) is 6.59. The number of rotatable bonds is 2. The lowest BCUT2D eigenvalue weighted by Crippen LogP contribution is -2.26. The van der Waals surface area contributed by atoms with Crippen LogP contribution in [0.15, 0.2) is 42.5 Å². The van der Waals surface area contributed by atoms with Crippen molar-refractivity contribution in [3.8, 4) is 5.75 Å². The summed E-state index contributed by atoms with van der Waals surface area (Å²) in [5.74, 6) is -0.890. The molecule has 2 aromatic rings. The number of hydrogen-bond donors (Lipinski definition) is 1. The fourth-order valence-electron chi connectivity index (χ4n) is 1.66. The van der Waals surface area contributed by atoms with Crippen LogP contribution in [0.25, 0.3) is 0 Å². The third kappa shape index (κ3) is 3.04. The maximum absolute atomic E-state index is 13.1. The Bertz CT molecular complexity index is 631. The summed E-state index contributed by atoms with van der Waals surface area (Å²) in [6.45, 7) is 0. The summed E-state index contributed by atoms with van der Waals surface area (Å²) in [6, 6.07) is 10.5. The Morgan fingerprint density at radius 3 is 2.68 bits per heavy atom. The van der Waals surface area contributed by atoms with Crippen LogP contribution in [0, 0.1) is 9.39 Å². The molecule has 0 atom stereocenters. The fourth-order valence-corrected chi connectivity index (χ4v) is 2.15. The molecule has 0 bridgehead atoms. The van der Waals surface area contributed by atoms with Crippen molar-refractivity contribution in [3.05, 3.63) is 57.4 Å². The molecule has 0 radical (unpaired) electrons. The van der Waals surface area contributed by atoms with Gasteiger partial charge < -0.3 is 10.0 Å². The van der Waals surface area contributed by atoms with Gasteiger partial charge in [-0.1, -0.05) is 6.07 Å². The van der Waals surface area contributed by atoms with E-state index in [4.69, 9.17) is 0 Å². The van der Waals surface area contributed by atoms with Crippen LogP contribution in [0.1, 0.15) is 10.4 Å². The summed E-state index contributed by atoms with van der Waals surface area (Å²) >= 11 is 2.06. The lowest BCUT2D eigenvalue weighted by molar-refractivity contribution is 0.0990. The molecule has 2 rings (SSSR count). The minimum atomic E-state index is -0.413. The molecule has 0 aliphatic heterocycles. The highest BCUT2D eigenvalue weighted by Crippen LogP contribution is 2.23. The van der Waals surface area contributed by atoms with E-state index in [1.165, 1.54) is 36.2 Å². The van der Waals surface area contributed by atoms with Crippen molar-refractivity contribution in [1.29, 1.82) is 0 Å². The summed E-state index contributed by atoms with van der Waals surface area (Å²) < 4.78 is 14.0. The van der Waals surface area contributed by atoms with Crippen molar-refractivity contribution in [2.75, 3.05) is 11.9 Å². The average molecular weight is 371 g/mol. The first-order valence-electron chi connectivity index (χ1n) is 5.51. The minimum Gasteiger partial charge on any atom is -0.507 e. The zero-order valence-electron chi connectivity index (χ0n) is 10.1. The normalized spacial score (nSPS) is 10.3. The van der Waals surface area contributed by atoms with E-state index in [1.54, 1.807) is 18.2 Å². The summed E-state index contributed by atoms with van der Waals surface area (Å²) in [7, 11) is 1.54. The quantitative estimate of drug-likeness (QED) is 0.823. The zero-order valence-corrected chi connectivity index (χ0v) is 12.3. The van der Waals surface area contributed by atoms with Gasteiger partial charge in [-0.3, -0.25) is 4.79 Å². The Hall–Kier alpha value is -1.63. The van der Waals surface area contributed by atoms with E-state index in [0.29, 0.717) is 5.69 Å². The molecule has 1 amide bonds. The lowest BCUT2D eigenvalue weighted by atomic mass is 10.1. The molecule has 0 aliphatic carbocycles. The number of phenolic OH excluding ortho intramolecular Hbond substituents is 1. The van der Waals surface area contributed by atoms with Crippen molar-refractivity contribution >= 4 is 34.2 Å². The second kappa shape index (κ2) is 5.56. The van der Waals surface area contributed by atoms with E-state index in [-0.39, 0.29) is 17.2 Å². The van der Waals surface area contributed by atoms with Gasteiger partial charge in [0.15, 0.2) is 0 Å². The molecular weight excluding hydrogens is 360 g/mol. The number of phenols is 1. The average Bonchev–Trinajstić information content (AvgIpc) is 2.40. The predicted octanol–water partition coefficient (Wildman–Crippen LogP) is 3.41. The van der Waals surface area contributed by atoms with Gasteiger partial charge in [-0.25, -0.2) is 4.39 Å². The van der Waals surface area contributed by atoms with Crippen LogP contribution in [-0.4, -0.2) is 18.1 Å². The number of amides is 1. The SMILES string of the molecule is CN(C(=O)c1cc(I)ccc1O)c1cccc(F)c1. The van der Waals surface area contributed by atoms with E-state index in [2.05, 4.69) is 22.6 Å². The molecule has 0 saturated carbocycles. The number of halogens is 2. The highest BCUT2D eigenvalue weighted by molar-refractivity contribution is 14.1. The first-order chi connectivity index (χ1) is 8.99. The van der Waals surface area contributed by atoms with Crippen molar-refractivity contribution in [2.24, 2.45) is 0 Å². The van der Waals surface area contributed by atoms with Gasteiger partial charge in [0.25, 0.3) is 5.91 Å². The zero-order chi connectivity index (χ0) is 14.0. The monoisotopic (exact) mass is 371 g/mol. The molecule has 3 nitrogen and oxygen atoms in total. The number of nitrogens with zero attached hydrogens (tertiary/aromatic N) is 1. The number of carbonyl (C=O) groups is 1. The molecule has 0 heterocycles. The summed E-state index contributed by atoms with van der Waals surface area (Å²) in [4.78, 5) is 13.6. The predicted molar refractivity (Wildman–Crippen MR) is 80.0 cm³/mol. The Morgan fingerprint density at radius 1 is 1.26 bits per heavy atom. The van der Waals surface area contributed by atoms with Crippen LogP contribution in [-0.2, 0) is 0 Å². The molecule has 1 N–H and O–H groups in total. The second-order valence-corrected chi connectivity index (χ2v) is 5.25. The molecule has 0 aliphatic rings. The van der Waals surface area contributed by atoms with Gasteiger partial charge >= 0.3 is 0 Å². The molecule has 98 valence electrons. The van der Waals surface area contributed by atoms with Crippen LogP contribution in [0.4, 0.5) is 10.1 Å². The number of anilines is 1. The summed E-state index contributed by atoms with van der Waals surface area (Å²) in [5.41, 5.74) is 0.627. The maximum Gasteiger partial charge on any atom is 0.261 e. The number of hydrogen-bond acceptors (Lipinski definition) is 2. The van der Waals surface area contributed by atoms with Crippen LogP contribution in [0.2, 0.25) is 0 Å². The van der Waals surface area contributed by atoms with Gasteiger partial charge in [-0.15, -0.1) is 0 Å². The van der Waals surface area contributed by atoms with Gasteiger partial charge in [0.1, 0.15) is 11.6 Å². The molecule has 0 saturated heterocycles. The third-order valence-corrected chi connectivity index (χ3v) is 3.36. The third-order valence-electron chi connectivity index (χ3n) is 2.69. The van der Waals surface area contributed by atoms with E-state index < -0.39 is 5.82 Å². The Labute approximate surface area is 123 Å². The molecular formula is C14H11FINO2. The van der Waals surface area contributed by atoms with Gasteiger partial charge in [-0.05, 0) is 59.0 Å². The number of benzene rings is 2. The van der Waals surface area contributed by atoms with Gasteiger partial charge in [0.2, 0.25) is 0 Å². The largest absolute Gasteiger partial charge is 0.507 e. The second-order valence-electron chi connectivity index (χ2n) is 4.01. The first kappa shape index (κ1) is 13.8. The summed E-state index contributed by atoms with van der Waals surface area (Å²) in [5, 5.41) is 9.73. The maximum atomic E-state index is 13.1. The highest BCUT2D eigenvalue weighted by atomic mass is 127. The van der Waals surface area contributed by atoms with E-state index in [9.17, 15) is 14.3 Å². The van der Waals surface area contributed by atoms with Crippen molar-refractivity contribution in [1.82, 2.24) is 0 Å². The topological polar surface area (TPSA) is 40.5 Å². The van der Waals surface area contributed by atoms with Crippen LogP contribution in [0.3, 0.4) is 0 Å². The van der Waals surface area contributed by atoms with Crippen molar-refractivity contribution < 1.29 is 14.3 Å². The van der Waals surface area contributed by atoms with Crippen LogP contribution < -0.4 is 4.90 Å². The number of carbonyl (C=O) groups excluding carboxylic acids is 1. The van der Waals surface area contributed by atoms with E-state index >= 15 is 0 Å². The molecule has 0 unspecified atom stereocenters. The van der Waals surface area contributed by atoms with Gasteiger partial charge in [-0.2, -0.15) is 0 Å². The summed E-state index contributed by atoms with van der Waals surface area (Å²) in [6.07, 6.45) is 0. The molecule has 0 spiro atoms. The molecule has 0 aromatic heterocycles. The van der Waals surface area contributed by atoms with Gasteiger partial charge in [0.05, 0.1) is 5.56 Å². The fraction of sp³-hybridized carbons (Fsp3) is 0.0714. The molecule has 0 fully saturated rings. The Kier molecular flexibility index (Phi) is 4.04. The van der Waals surface area contributed by atoms with Crippen molar-refractivity contribution in [2.45, 2.75) is 0 Å². The molecule has 19 heavy (non-hydrogen) atoms. The number of aromatic hydroxyl groups is 1. The lowest BCUT2D eigenvalue weighted by Gasteiger charge is -2.18. The Morgan fingerprint density at radius 2 is 2.00 bits per heavy atom. The van der Waals surface area contributed by atoms with E-state index in [0.717, 1.165) is 3.57 Å². The van der Waals surface area contributed by atoms with Crippen molar-refractivity contribution in [3.63, 3.8) is 0 Å². The standard InChI is InChI=1S/C14H11FINO2/c1-17(11-4-2-3-9(15)7-11)14(19)12-8-10(16)5-6-13(12)18/h2-8,18H,1H3. The Balaban J connectivity index is 2.36. The minimum absolute atomic E-state index is 0.0892. The molecule has 5 heteroatoms. The highest BCUT2D eigenvalue weighted by Gasteiger charge is 2.17.